The van der Waals surface area contributed by atoms with E-state index in [1.807, 2.05) is 6.07 Å². The molecule has 0 amide bonds. The monoisotopic (exact) mass is 334 g/mol. The molecular weight excluding hydrogens is 321 g/mol. The minimum Gasteiger partial charge on any atom is -0.497 e. The lowest BCUT2D eigenvalue weighted by molar-refractivity contribution is -0.137. The number of nitrogens with zero attached hydrogens (tertiary/aromatic N) is 2. The summed E-state index contributed by atoms with van der Waals surface area (Å²) in [6, 6.07) is 8.99. The molecule has 0 aliphatic carbocycles. The first-order chi connectivity index (χ1) is 11.4. The van der Waals surface area contributed by atoms with Crippen LogP contribution >= 0.6 is 0 Å². The van der Waals surface area contributed by atoms with Gasteiger partial charge in [0.05, 0.1) is 31.1 Å². The topological polar surface area (TPSA) is 55.1 Å². The Morgan fingerprint density at radius 3 is 2.17 bits per heavy atom. The molecule has 0 saturated carbocycles. The zero-order valence-electron chi connectivity index (χ0n) is 12.9. The van der Waals surface area contributed by atoms with E-state index in [0.717, 1.165) is 12.1 Å². The highest BCUT2D eigenvalue weighted by molar-refractivity contribution is 5.88. The molecule has 0 spiro atoms. The van der Waals surface area contributed by atoms with Gasteiger partial charge in [0, 0.05) is 12.3 Å². The highest BCUT2D eigenvalue weighted by atomic mass is 19.4. The molecule has 0 saturated heterocycles. The van der Waals surface area contributed by atoms with Crippen molar-refractivity contribution in [2.24, 2.45) is 0 Å². The Morgan fingerprint density at radius 1 is 1.12 bits per heavy atom. The number of hydrogen-bond donors (Lipinski definition) is 0. The average Bonchev–Trinajstić information content (AvgIpc) is 2.58. The highest BCUT2D eigenvalue weighted by Crippen LogP contribution is 2.30. The third-order valence-electron chi connectivity index (χ3n) is 3.17. The molecule has 7 heteroatoms. The van der Waals surface area contributed by atoms with Crippen LogP contribution in [0.4, 0.5) is 13.2 Å². The van der Waals surface area contributed by atoms with Crippen LogP contribution in [-0.4, -0.2) is 19.2 Å². The molecule has 0 N–H and O–H groups in total. The Bertz CT molecular complexity index is 769. The van der Waals surface area contributed by atoms with Crippen molar-refractivity contribution in [2.45, 2.75) is 6.18 Å². The molecule has 1 aromatic carbocycles. The fraction of sp³-hybridized carbons (Fsp3) is 0.176. The van der Waals surface area contributed by atoms with E-state index in [4.69, 9.17) is 9.47 Å². The number of rotatable bonds is 4. The summed E-state index contributed by atoms with van der Waals surface area (Å²) in [6.45, 7) is 0. The van der Waals surface area contributed by atoms with Crippen LogP contribution in [-0.2, 0) is 6.18 Å². The molecule has 0 aliphatic heterocycles. The van der Waals surface area contributed by atoms with Gasteiger partial charge in [-0.05, 0) is 35.9 Å². The van der Waals surface area contributed by atoms with Crippen LogP contribution in [0, 0.1) is 11.3 Å². The Balaban J connectivity index is 2.41. The van der Waals surface area contributed by atoms with E-state index in [0.29, 0.717) is 23.3 Å². The zero-order valence-corrected chi connectivity index (χ0v) is 12.9. The minimum absolute atomic E-state index is 0.124. The van der Waals surface area contributed by atoms with Crippen molar-refractivity contribution >= 4 is 11.6 Å². The molecule has 0 fully saturated rings. The van der Waals surface area contributed by atoms with Crippen molar-refractivity contribution in [1.29, 1.82) is 5.26 Å². The summed E-state index contributed by atoms with van der Waals surface area (Å²) in [7, 11) is 2.98. The van der Waals surface area contributed by atoms with E-state index in [2.05, 4.69) is 4.98 Å². The first-order valence-corrected chi connectivity index (χ1v) is 6.76. The Hall–Kier alpha value is -3.01. The van der Waals surface area contributed by atoms with Crippen LogP contribution in [0.5, 0.6) is 11.5 Å². The normalized spacial score (nSPS) is 11.8. The molecule has 0 unspecified atom stereocenters. The predicted octanol–water partition coefficient (Wildman–Crippen LogP) is 4.18. The molecule has 1 aromatic heterocycles. The fourth-order valence-corrected chi connectivity index (χ4v) is 1.96. The summed E-state index contributed by atoms with van der Waals surface area (Å²) in [4.78, 5) is 3.72. The van der Waals surface area contributed by atoms with E-state index in [1.54, 1.807) is 18.2 Å². The summed E-state index contributed by atoms with van der Waals surface area (Å²) in [5.74, 6) is 1.05. The third kappa shape index (κ3) is 4.04. The summed E-state index contributed by atoms with van der Waals surface area (Å²) in [6.07, 6.45) is -2.27. The van der Waals surface area contributed by atoms with Gasteiger partial charge < -0.3 is 9.47 Å². The van der Waals surface area contributed by atoms with Crippen molar-refractivity contribution in [3.05, 3.63) is 53.3 Å². The van der Waals surface area contributed by atoms with E-state index < -0.39 is 11.7 Å². The van der Waals surface area contributed by atoms with Crippen molar-refractivity contribution < 1.29 is 22.6 Å². The van der Waals surface area contributed by atoms with Crippen molar-refractivity contribution in [2.75, 3.05) is 14.2 Å². The Kier molecular flexibility index (Phi) is 5.09. The van der Waals surface area contributed by atoms with E-state index in [-0.39, 0.29) is 11.3 Å². The van der Waals surface area contributed by atoms with Crippen LogP contribution < -0.4 is 9.47 Å². The maximum absolute atomic E-state index is 12.6. The van der Waals surface area contributed by atoms with Crippen LogP contribution in [0.25, 0.3) is 11.6 Å². The van der Waals surface area contributed by atoms with Gasteiger partial charge in [0.25, 0.3) is 0 Å². The molecule has 0 bridgehead atoms. The molecule has 124 valence electrons. The van der Waals surface area contributed by atoms with Gasteiger partial charge in [0.2, 0.25) is 0 Å². The number of hydrogen-bond acceptors (Lipinski definition) is 4. The number of alkyl halides is 3. The first kappa shape index (κ1) is 17.3. The second-order valence-electron chi connectivity index (χ2n) is 4.75. The standard InChI is InChI=1S/C17H13F3N2O2/c1-23-14-6-11(7-15(8-14)24-2)5-12(9-21)16-4-3-13(10-22-16)17(18,19)20/h3-8,10H,1-2H3/b12-5+. The van der Waals surface area contributed by atoms with E-state index >= 15 is 0 Å². The van der Waals surface area contributed by atoms with Crippen LogP contribution in [0.3, 0.4) is 0 Å². The van der Waals surface area contributed by atoms with Crippen LogP contribution in [0.2, 0.25) is 0 Å². The van der Waals surface area contributed by atoms with E-state index in [9.17, 15) is 18.4 Å². The van der Waals surface area contributed by atoms with Crippen molar-refractivity contribution in [1.82, 2.24) is 4.98 Å². The van der Waals surface area contributed by atoms with Crippen molar-refractivity contribution in [3.63, 3.8) is 0 Å². The number of ether oxygens (including phenoxy) is 2. The minimum atomic E-state index is -4.47. The van der Waals surface area contributed by atoms with Gasteiger partial charge in [0.1, 0.15) is 17.6 Å². The Labute approximate surface area is 136 Å². The van der Waals surface area contributed by atoms with Gasteiger partial charge in [-0.1, -0.05) is 0 Å². The molecule has 0 radical (unpaired) electrons. The number of halogens is 3. The second-order valence-corrected chi connectivity index (χ2v) is 4.75. The summed E-state index contributed by atoms with van der Waals surface area (Å²) >= 11 is 0. The lowest BCUT2D eigenvalue weighted by atomic mass is 10.1. The molecule has 4 nitrogen and oxygen atoms in total. The highest BCUT2D eigenvalue weighted by Gasteiger charge is 2.30. The van der Waals surface area contributed by atoms with Crippen LogP contribution in [0.15, 0.2) is 36.5 Å². The molecule has 2 aromatic rings. The number of pyridine rings is 1. The van der Waals surface area contributed by atoms with Gasteiger partial charge in [-0.15, -0.1) is 0 Å². The van der Waals surface area contributed by atoms with E-state index in [1.165, 1.54) is 20.3 Å². The number of benzene rings is 1. The lowest BCUT2D eigenvalue weighted by Gasteiger charge is -2.08. The number of allylic oxidation sites excluding steroid dienone is 1. The first-order valence-electron chi connectivity index (χ1n) is 6.76. The Morgan fingerprint density at radius 2 is 1.75 bits per heavy atom. The van der Waals surface area contributed by atoms with Gasteiger partial charge in [0.15, 0.2) is 0 Å². The summed E-state index contributed by atoms with van der Waals surface area (Å²) in [5, 5.41) is 9.28. The van der Waals surface area contributed by atoms with Gasteiger partial charge in [-0.3, -0.25) is 4.98 Å². The third-order valence-corrected chi connectivity index (χ3v) is 3.17. The predicted molar refractivity (Wildman–Crippen MR) is 82.3 cm³/mol. The number of methoxy groups -OCH3 is 2. The molecule has 0 atom stereocenters. The molecule has 0 aliphatic rings. The van der Waals surface area contributed by atoms with Crippen molar-refractivity contribution in [3.8, 4) is 17.6 Å². The largest absolute Gasteiger partial charge is 0.497 e. The SMILES string of the molecule is COc1cc(/C=C(\C#N)c2ccc(C(F)(F)F)cn2)cc(OC)c1. The van der Waals surface area contributed by atoms with Gasteiger partial charge in [-0.25, -0.2) is 0 Å². The average molecular weight is 334 g/mol. The summed E-state index contributed by atoms with van der Waals surface area (Å²) < 4.78 is 48.0. The fourth-order valence-electron chi connectivity index (χ4n) is 1.96. The van der Waals surface area contributed by atoms with Gasteiger partial charge in [-0.2, -0.15) is 18.4 Å². The number of aromatic nitrogens is 1. The zero-order chi connectivity index (χ0) is 17.7. The van der Waals surface area contributed by atoms with Gasteiger partial charge >= 0.3 is 6.18 Å². The molecule has 1 heterocycles. The molecule has 2 rings (SSSR count). The molecule has 24 heavy (non-hydrogen) atoms. The van der Waals surface area contributed by atoms with Crippen LogP contribution in [0.1, 0.15) is 16.8 Å². The summed E-state index contributed by atoms with van der Waals surface area (Å²) in [5.41, 5.74) is 0.00218. The quantitative estimate of drug-likeness (QED) is 0.787. The maximum Gasteiger partial charge on any atom is 0.417 e. The lowest BCUT2D eigenvalue weighted by Crippen LogP contribution is -2.05. The molecular formula is C17H13F3N2O2. The second kappa shape index (κ2) is 7.04. The maximum atomic E-state index is 12.6. The smallest absolute Gasteiger partial charge is 0.417 e. The number of nitriles is 1.